The Labute approximate surface area is 151 Å². The summed E-state index contributed by atoms with van der Waals surface area (Å²) in [5, 5.41) is 7.62. The second-order valence-electron chi connectivity index (χ2n) is 5.55. The molecule has 0 aliphatic rings. The van der Waals surface area contributed by atoms with Gasteiger partial charge in [0.2, 0.25) is 0 Å². The highest BCUT2D eigenvalue weighted by atomic mass is 35.5. The van der Waals surface area contributed by atoms with Crippen molar-refractivity contribution in [2.75, 3.05) is 6.54 Å². The third kappa shape index (κ3) is 5.36. The van der Waals surface area contributed by atoms with Crippen LogP contribution in [0.1, 0.15) is 11.1 Å². The number of nitrogens with zero attached hydrogens (tertiary/aromatic N) is 2. The van der Waals surface area contributed by atoms with Crippen molar-refractivity contribution in [3.05, 3.63) is 83.1 Å². The van der Waals surface area contributed by atoms with Gasteiger partial charge in [-0.2, -0.15) is 5.10 Å². The Balaban J connectivity index is 1.44. The van der Waals surface area contributed by atoms with Crippen LogP contribution in [0, 0.1) is 0 Å². The molecule has 1 amide bonds. The lowest BCUT2D eigenvalue weighted by Gasteiger charge is -2.05. The molecule has 0 atom stereocenters. The SMILES string of the molecule is O=C(NCCc1ccc(Cl)cc1)Oc1cnn(Cc2ccccc2)c1. The molecule has 0 unspecified atom stereocenters. The lowest BCUT2D eigenvalue weighted by atomic mass is 10.1. The van der Waals surface area contributed by atoms with E-state index in [1.165, 1.54) is 6.20 Å². The monoisotopic (exact) mass is 355 g/mol. The summed E-state index contributed by atoms with van der Waals surface area (Å²) in [5.74, 6) is 0.417. The van der Waals surface area contributed by atoms with E-state index in [4.69, 9.17) is 16.3 Å². The minimum Gasteiger partial charge on any atom is -0.407 e. The van der Waals surface area contributed by atoms with Crippen molar-refractivity contribution in [2.24, 2.45) is 0 Å². The van der Waals surface area contributed by atoms with Gasteiger partial charge in [-0.1, -0.05) is 54.1 Å². The lowest BCUT2D eigenvalue weighted by Crippen LogP contribution is -2.28. The zero-order valence-electron chi connectivity index (χ0n) is 13.6. The van der Waals surface area contributed by atoms with Crippen molar-refractivity contribution in [1.29, 1.82) is 0 Å². The van der Waals surface area contributed by atoms with Gasteiger partial charge in [0.25, 0.3) is 0 Å². The number of rotatable bonds is 6. The smallest absolute Gasteiger partial charge is 0.407 e. The number of aromatic nitrogens is 2. The average molecular weight is 356 g/mol. The van der Waals surface area contributed by atoms with Gasteiger partial charge in [-0.3, -0.25) is 4.68 Å². The second kappa shape index (κ2) is 8.35. The molecule has 0 aliphatic carbocycles. The van der Waals surface area contributed by atoms with Crippen LogP contribution in [0.25, 0.3) is 0 Å². The van der Waals surface area contributed by atoms with Crippen molar-refractivity contribution < 1.29 is 9.53 Å². The summed E-state index contributed by atoms with van der Waals surface area (Å²) in [7, 11) is 0. The Morgan fingerprint density at radius 3 is 2.60 bits per heavy atom. The van der Waals surface area contributed by atoms with E-state index in [0.717, 1.165) is 11.1 Å². The Hall–Kier alpha value is -2.79. The predicted molar refractivity (Wildman–Crippen MR) is 97.0 cm³/mol. The molecule has 6 heteroatoms. The van der Waals surface area contributed by atoms with Gasteiger partial charge in [-0.05, 0) is 29.7 Å². The normalized spacial score (nSPS) is 10.4. The molecular formula is C19H18ClN3O2. The molecule has 3 aromatic rings. The molecule has 1 aromatic heterocycles. The van der Waals surface area contributed by atoms with Crippen molar-refractivity contribution >= 4 is 17.7 Å². The number of hydrogen-bond acceptors (Lipinski definition) is 3. The highest BCUT2D eigenvalue weighted by Crippen LogP contribution is 2.11. The summed E-state index contributed by atoms with van der Waals surface area (Å²) < 4.78 is 6.96. The van der Waals surface area contributed by atoms with Crippen LogP contribution >= 0.6 is 11.6 Å². The summed E-state index contributed by atoms with van der Waals surface area (Å²) in [6.45, 7) is 1.11. The zero-order valence-corrected chi connectivity index (χ0v) is 14.3. The first kappa shape index (κ1) is 17.0. The Bertz CT molecular complexity index is 816. The Morgan fingerprint density at radius 1 is 1.08 bits per heavy atom. The minimum atomic E-state index is -0.492. The van der Waals surface area contributed by atoms with E-state index in [9.17, 15) is 4.79 Å². The summed E-state index contributed by atoms with van der Waals surface area (Å²) in [6, 6.07) is 17.5. The van der Waals surface area contributed by atoms with E-state index >= 15 is 0 Å². The average Bonchev–Trinajstić information content (AvgIpc) is 3.04. The third-order valence-corrected chi connectivity index (χ3v) is 3.86. The van der Waals surface area contributed by atoms with Crippen LogP contribution in [0.3, 0.4) is 0 Å². The summed E-state index contributed by atoms with van der Waals surface area (Å²) in [5.41, 5.74) is 2.23. The number of nitrogens with one attached hydrogen (secondary N) is 1. The molecular weight excluding hydrogens is 338 g/mol. The van der Waals surface area contributed by atoms with E-state index in [2.05, 4.69) is 10.4 Å². The van der Waals surface area contributed by atoms with E-state index in [-0.39, 0.29) is 0 Å². The van der Waals surface area contributed by atoms with Crippen LogP contribution in [0.2, 0.25) is 5.02 Å². The third-order valence-electron chi connectivity index (χ3n) is 3.60. The van der Waals surface area contributed by atoms with Crippen LogP contribution in [-0.2, 0) is 13.0 Å². The van der Waals surface area contributed by atoms with Gasteiger partial charge < -0.3 is 10.1 Å². The fourth-order valence-corrected chi connectivity index (χ4v) is 2.48. The predicted octanol–water partition coefficient (Wildman–Crippen LogP) is 3.92. The van der Waals surface area contributed by atoms with Crippen LogP contribution in [0.4, 0.5) is 4.79 Å². The zero-order chi connectivity index (χ0) is 17.5. The fourth-order valence-electron chi connectivity index (χ4n) is 2.36. The van der Waals surface area contributed by atoms with Gasteiger partial charge in [-0.15, -0.1) is 0 Å². The van der Waals surface area contributed by atoms with E-state index in [0.29, 0.717) is 30.3 Å². The molecule has 2 aromatic carbocycles. The van der Waals surface area contributed by atoms with Crippen molar-refractivity contribution in [3.63, 3.8) is 0 Å². The topological polar surface area (TPSA) is 56.1 Å². The molecule has 0 fully saturated rings. The molecule has 1 N–H and O–H groups in total. The Kier molecular flexibility index (Phi) is 5.69. The number of carbonyl (C=O) groups is 1. The van der Waals surface area contributed by atoms with Crippen LogP contribution in [-0.4, -0.2) is 22.4 Å². The summed E-state index contributed by atoms with van der Waals surface area (Å²) in [6.07, 6.45) is 3.45. The van der Waals surface area contributed by atoms with Crippen LogP contribution in [0.5, 0.6) is 5.75 Å². The van der Waals surface area contributed by atoms with Crippen molar-refractivity contribution in [2.45, 2.75) is 13.0 Å². The molecule has 0 spiro atoms. The second-order valence-corrected chi connectivity index (χ2v) is 5.99. The molecule has 5 nitrogen and oxygen atoms in total. The van der Waals surface area contributed by atoms with Gasteiger partial charge in [-0.25, -0.2) is 4.79 Å². The number of hydrogen-bond donors (Lipinski definition) is 1. The number of halogens is 1. The quantitative estimate of drug-likeness (QED) is 0.729. The Morgan fingerprint density at radius 2 is 1.84 bits per heavy atom. The maximum absolute atomic E-state index is 11.8. The van der Waals surface area contributed by atoms with Gasteiger partial charge in [0, 0.05) is 11.6 Å². The lowest BCUT2D eigenvalue weighted by molar-refractivity contribution is 0.200. The summed E-state index contributed by atoms with van der Waals surface area (Å²) >= 11 is 5.84. The van der Waals surface area contributed by atoms with Crippen LogP contribution in [0.15, 0.2) is 67.0 Å². The van der Waals surface area contributed by atoms with Crippen molar-refractivity contribution in [3.8, 4) is 5.75 Å². The highest BCUT2D eigenvalue weighted by Gasteiger charge is 2.07. The number of ether oxygens (including phenoxy) is 1. The van der Waals surface area contributed by atoms with Gasteiger partial charge in [0.1, 0.15) is 0 Å². The first-order chi connectivity index (χ1) is 12.2. The van der Waals surface area contributed by atoms with Crippen molar-refractivity contribution in [1.82, 2.24) is 15.1 Å². The maximum Gasteiger partial charge on any atom is 0.412 e. The molecule has 128 valence electrons. The first-order valence-corrected chi connectivity index (χ1v) is 8.33. The van der Waals surface area contributed by atoms with E-state index in [1.54, 1.807) is 10.9 Å². The largest absolute Gasteiger partial charge is 0.412 e. The standard InChI is InChI=1S/C19H18ClN3O2/c20-17-8-6-15(7-9-17)10-11-21-19(24)25-18-12-22-23(14-18)13-16-4-2-1-3-5-16/h1-9,12,14H,10-11,13H2,(H,21,24). The number of carbonyl (C=O) groups excluding carboxylic acids is 1. The van der Waals surface area contributed by atoms with Gasteiger partial charge >= 0.3 is 6.09 Å². The maximum atomic E-state index is 11.8. The number of benzene rings is 2. The first-order valence-electron chi connectivity index (χ1n) is 7.95. The molecule has 0 aliphatic heterocycles. The molecule has 0 saturated carbocycles. The molecule has 1 heterocycles. The molecule has 3 rings (SSSR count). The minimum absolute atomic E-state index is 0.417. The number of amides is 1. The van der Waals surface area contributed by atoms with Gasteiger partial charge in [0.05, 0.1) is 18.9 Å². The molecule has 25 heavy (non-hydrogen) atoms. The van der Waals surface area contributed by atoms with E-state index < -0.39 is 6.09 Å². The highest BCUT2D eigenvalue weighted by molar-refractivity contribution is 6.30. The summed E-state index contributed by atoms with van der Waals surface area (Å²) in [4.78, 5) is 11.8. The van der Waals surface area contributed by atoms with Gasteiger partial charge in [0.15, 0.2) is 5.75 Å². The fraction of sp³-hybridized carbons (Fsp3) is 0.158. The van der Waals surface area contributed by atoms with Crippen LogP contribution < -0.4 is 10.1 Å². The molecule has 0 bridgehead atoms. The molecule has 0 radical (unpaired) electrons. The van der Waals surface area contributed by atoms with E-state index in [1.807, 2.05) is 54.6 Å². The molecule has 0 saturated heterocycles.